The highest BCUT2D eigenvalue weighted by Crippen LogP contribution is 2.28. The van der Waals surface area contributed by atoms with Gasteiger partial charge in [0.2, 0.25) is 0 Å². The third kappa shape index (κ3) is 2.95. The Labute approximate surface area is 136 Å². The number of nitrogen functional groups attached to an aromatic ring is 1. The molecule has 2 rings (SSSR count). The highest BCUT2D eigenvalue weighted by atomic mass is 79.9. The Bertz CT molecular complexity index is 820. The Hall–Kier alpha value is -2.77. The standard InChI is InChI=1S/C15H13BrN6/c1-22(2)13-4-3-9(6-12(13)16)5-10(7-17)14-11(8-18)15(19)21-20-14/h3-6H,1-2H3,(H3,19,20,21). The van der Waals surface area contributed by atoms with Crippen LogP contribution in [0.15, 0.2) is 22.7 Å². The van der Waals surface area contributed by atoms with Crippen LogP contribution in [0.3, 0.4) is 0 Å². The highest BCUT2D eigenvalue weighted by molar-refractivity contribution is 9.10. The number of hydrogen-bond acceptors (Lipinski definition) is 5. The molecule has 6 nitrogen and oxygen atoms in total. The Morgan fingerprint density at radius 1 is 1.41 bits per heavy atom. The quantitative estimate of drug-likeness (QED) is 0.822. The van der Waals surface area contributed by atoms with E-state index in [0.717, 1.165) is 15.7 Å². The van der Waals surface area contributed by atoms with Gasteiger partial charge in [-0.15, -0.1) is 0 Å². The number of halogens is 1. The minimum atomic E-state index is 0.0859. The van der Waals surface area contributed by atoms with Crippen molar-refractivity contribution in [1.82, 2.24) is 10.2 Å². The maximum atomic E-state index is 9.35. The summed E-state index contributed by atoms with van der Waals surface area (Å²) in [5.41, 5.74) is 8.26. The summed E-state index contributed by atoms with van der Waals surface area (Å²) in [4.78, 5) is 1.98. The first kappa shape index (κ1) is 15.6. The Morgan fingerprint density at radius 2 is 2.14 bits per heavy atom. The number of nitrogens with zero attached hydrogens (tertiary/aromatic N) is 4. The van der Waals surface area contributed by atoms with Gasteiger partial charge in [-0.05, 0) is 39.7 Å². The molecule has 0 amide bonds. The topological polar surface area (TPSA) is 106 Å². The lowest BCUT2D eigenvalue weighted by Crippen LogP contribution is -2.09. The Morgan fingerprint density at radius 3 is 2.68 bits per heavy atom. The summed E-state index contributed by atoms with van der Waals surface area (Å²) in [5.74, 6) is 0.0859. The van der Waals surface area contributed by atoms with E-state index in [9.17, 15) is 5.26 Å². The van der Waals surface area contributed by atoms with Crippen molar-refractivity contribution in [1.29, 1.82) is 10.5 Å². The minimum absolute atomic E-state index is 0.0859. The van der Waals surface area contributed by atoms with E-state index in [1.807, 2.05) is 43.3 Å². The van der Waals surface area contributed by atoms with Gasteiger partial charge in [-0.3, -0.25) is 5.10 Å². The summed E-state index contributed by atoms with van der Waals surface area (Å²) in [6.45, 7) is 0. The molecule has 3 N–H and O–H groups in total. The van der Waals surface area contributed by atoms with Crippen LogP contribution in [0.1, 0.15) is 16.8 Å². The molecule has 0 saturated heterocycles. The number of nitrogens with two attached hydrogens (primary N) is 1. The van der Waals surface area contributed by atoms with Gasteiger partial charge in [0.05, 0.1) is 17.0 Å². The van der Waals surface area contributed by atoms with E-state index in [1.165, 1.54) is 0 Å². The number of benzene rings is 1. The molecule has 110 valence electrons. The van der Waals surface area contributed by atoms with Gasteiger partial charge in [-0.1, -0.05) is 6.07 Å². The number of hydrogen-bond donors (Lipinski definition) is 2. The summed E-state index contributed by atoms with van der Waals surface area (Å²) in [5, 5.41) is 24.9. The van der Waals surface area contributed by atoms with Gasteiger partial charge in [0, 0.05) is 18.6 Å². The molecule has 22 heavy (non-hydrogen) atoms. The van der Waals surface area contributed by atoms with Crippen molar-refractivity contribution in [3.8, 4) is 12.1 Å². The number of rotatable bonds is 3. The number of aromatic nitrogens is 2. The van der Waals surface area contributed by atoms with Crippen molar-refractivity contribution in [2.45, 2.75) is 0 Å². The van der Waals surface area contributed by atoms with Gasteiger partial charge in [0.25, 0.3) is 0 Å². The van der Waals surface area contributed by atoms with Gasteiger partial charge in [0.15, 0.2) is 5.82 Å². The fourth-order valence-corrected chi connectivity index (χ4v) is 2.72. The summed E-state index contributed by atoms with van der Waals surface area (Å²) in [6, 6.07) is 9.76. The van der Waals surface area contributed by atoms with E-state index < -0.39 is 0 Å². The maximum absolute atomic E-state index is 9.35. The van der Waals surface area contributed by atoms with E-state index in [0.29, 0.717) is 11.3 Å². The van der Waals surface area contributed by atoms with Crippen molar-refractivity contribution in [2.75, 3.05) is 24.7 Å². The van der Waals surface area contributed by atoms with Gasteiger partial charge >= 0.3 is 0 Å². The van der Waals surface area contributed by atoms with Crippen LogP contribution < -0.4 is 10.6 Å². The zero-order valence-electron chi connectivity index (χ0n) is 12.1. The van der Waals surface area contributed by atoms with Gasteiger partial charge in [0.1, 0.15) is 17.7 Å². The van der Waals surface area contributed by atoms with E-state index in [1.54, 1.807) is 6.08 Å². The largest absolute Gasteiger partial charge is 0.381 e. The van der Waals surface area contributed by atoms with Crippen molar-refractivity contribution < 1.29 is 0 Å². The van der Waals surface area contributed by atoms with Crippen molar-refractivity contribution in [2.24, 2.45) is 0 Å². The molecule has 0 aliphatic rings. The number of allylic oxidation sites excluding steroid dienone is 1. The Balaban J connectivity index is 2.49. The van der Waals surface area contributed by atoms with Gasteiger partial charge in [-0.25, -0.2) is 0 Å². The molecule has 1 aromatic carbocycles. The zero-order chi connectivity index (χ0) is 16.3. The first-order chi connectivity index (χ1) is 10.5. The molecular formula is C15H13BrN6. The summed E-state index contributed by atoms with van der Waals surface area (Å²) in [6.07, 6.45) is 1.68. The third-order valence-electron chi connectivity index (χ3n) is 3.06. The molecule has 0 unspecified atom stereocenters. The molecule has 2 aromatic rings. The highest BCUT2D eigenvalue weighted by Gasteiger charge is 2.14. The Kier molecular flexibility index (Phi) is 4.50. The summed E-state index contributed by atoms with van der Waals surface area (Å²) in [7, 11) is 3.89. The lowest BCUT2D eigenvalue weighted by atomic mass is 10.1. The van der Waals surface area contributed by atoms with Crippen molar-refractivity contribution in [3.63, 3.8) is 0 Å². The summed E-state index contributed by atoms with van der Waals surface area (Å²) >= 11 is 3.50. The first-order valence-electron chi connectivity index (χ1n) is 6.31. The van der Waals surface area contributed by atoms with Crippen LogP contribution in [0, 0.1) is 22.7 Å². The molecule has 0 radical (unpaired) electrons. The molecule has 0 aliphatic carbocycles. The van der Waals surface area contributed by atoms with Crippen LogP contribution in [0.5, 0.6) is 0 Å². The fraction of sp³-hybridized carbons (Fsp3) is 0.133. The second-order valence-corrected chi connectivity index (χ2v) is 5.60. The SMILES string of the molecule is CN(C)c1ccc(C=C(C#N)c2[nH]nc(N)c2C#N)cc1Br. The van der Waals surface area contributed by atoms with E-state index in [2.05, 4.69) is 32.2 Å². The molecule has 1 heterocycles. The molecule has 0 saturated carbocycles. The second kappa shape index (κ2) is 6.33. The number of anilines is 2. The lowest BCUT2D eigenvalue weighted by Gasteiger charge is -2.14. The van der Waals surface area contributed by atoms with Crippen LogP contribution in [-0.2, 0) is 0 Å². The molecule has 7 heteroatoms. The van der Waals surface area contributed by atoms with E-state index >= 15 is 0 Å². The molecule has 0 bridgehead atoms. The third-order valence-corrected chi connectivity index (χ3v) is 3.70. The number of aromatic amines is 1. The van der Waals surface area contributed by atoms with Gasteiger partial charge in [-0.2, -0.15) is 15.6 Å². The number of nitrogens with one attached hydrogen (secondary N) is 1. The molecule has 1 aromatic heterocycles. The molecule has 0 spiro atoms. The average Bonchev–Trinajstić information content (AvgIpc) is 2.85. The van der Waals surface area contributed by atoms with Crippen LogP contribution in [-0.4, -0.2) is 24.3 Å². The lowest BCUT2D eigenvalue weighted by molar-refractivity contribution is 1.08. The van der Waals surface area contributed by atoms with E-state index in [-0.39, 0.29) is 11.4 Å². The van der Waals surface area contributed by atoms with Crippen molar-refractivity contribution >= 4 is 39.1 Å². The van der Waals surface area contributed by atoms with Crippen LogP contribution in [0.2, 0.25) is 0 Å². The smallest absolute Gasteiger partial charge is 0.163 e. The summed E-state index contributed by atoms with van der Waals surface area (Å²) < 4.78 is 0.910. The number of H-pyrrole nitrogens is 1. The molecule has 0 fully saturated rings. The first-order valence-corrected chi connectivity index (χ1v) is 7.10. The zero-order valence-corrected chi connectivity index (χ0v) is 13.6. The minimum Gasteiger partial charge on any atom is -0.381 e. The predicted octanol–water partition coefficient (Wildman–Crippen LogP) is 2.76. The predicted molar refractivity (Wildman–Crippen MR) is 89.7 cm³/mol. The molecule has 0 atom stereocenters. The molecular weight excluding hydrogens is 344 g/mol. The average molecular weight is 357 g/mol. The van der Waals surface area contributed by atoms with E-state index in [4.69, 9.17) is 11.0 Å². The normalized spacial score (nSPS) is 10.9. The van der Waals surface area contributed by atoms with Crippen LogP contribution in [0.4, 0.5) is 11.5 Å². The second-order valence-electron chi connectivity index (χ2n) is 4.75. The fourth-order valence-electron chi connectivity index (χ4n) is 1.97. The molecule has 0 aliphatic heterocycles. The van der Waals surface area contributed by atoms with Gasteiger partial charge < -0.3 is 10.6 Å². The van der Waals surface area contributed by atoms with Crippen LogP contribution in [0.25, 0.3) is 11.6 Å². The van der Waals surface area contributed by atoms with Crippen LogP contribution >= 0.6 is 15.9 Å². The number of nitriles is 2. The van der Waals surface area contributed by atoms with Crippen molar-refractivity contribution in [3.05, 3.63) is 39.5 Å². The monoisotopic (exact) mass is 356 g/mol. The maximum Gasteiger partial charge on any atom is 0.163 e.